The number of rotatable bonds is 1. The summed E-state index contributed by atoms with van der Waals surface area (Å²) < 4.78 is 0. The number of nitrogens with zero attached hydrogens (tertiary/aromatic N) is 1. The zero-order valence-electron chi connectivity index (χ0n) is 8.66. The lowest BCUT2D eigenvalue weighted by molar-refractivity contribution is -0.120. The Morgan fingerprint density at radius 3 is 2.86 bits per heavy atom. The molecule has 0 spiro atoms. The number of benzene rings is 1. The number of hydrogen-bond donors (Lipinski definition) is 0. The summed E-state index contributed by atoms with van der Waals surface area (Å²) in [6, 6.07) is 8.31. The van der Waals surface area contributed by atoms with Gasteiger partial charge in [-0.3, -0.25) is 4.79 Å². The van der Waals surface area contributed by atoms with Gasteiger partial charge in [0.05, 0.1) is 0 Å². The molecule has 1 aliphatic rings. The quantitative estimate of drug-likeness (QED) is 0.672. The van der Waals surface area contributed by atoms with Crippen LogP contribution in [0, 0.1) is 5.92 Å². The number of carbonyl (C=O) groups is 1. The molecule has 74 valence electrons. The molecule has 0 aliphatic carbocycles. The Morgan fingerprint density at radius 2 is 2.14 bits per heavy atom. The van der Waals surface area contributed by atoms with Crippen molar-refractivity contribution in [2.24, 2.45) is 5.92 Å². The van der Waals surface area contributed by atoms with Gasteiger partial charge in [0.1, 0.15) is 5.78 Å². The maximum atomic E-state index is 11.3. The Morgan fingerprint density at radius 1 is 1.43 bits per heavy atom. The maximum absolute atomic E-state index is 11.3. The highest BCUT2D eigenvalue weighted by atomic mass is 16.1. The summed E-state index contributed by atoms with van der Waals surface area (Å²) >= 11 is 0. The van der Waals surface area contributed by atoms with Crippen LogP contribution in [0.3, 0.4) is 0 Å². The van der Waals surface area contributed by atoms with E-state index in [1.54, 1.807) is 6.92 Å². The van der Waals surface area contributed by atoms with Crippen molar-refractivity contribution in [1.29, 1.82) is 0 Å². The molecule has 1 aromatic rings. The summed E-state index contributed by atoms with van der Waals surface area (Å²) in [6.07, 6.45) is 0.899. The fourth-order valence-corrected chi connectivity index (χ4v) is 2.09. The molecule has 1 heterocycles. The largest absolute Gasteiger partial charge is 0.374 e. The van der Waals surface area contributed by atoms with Crippen molar-refractivity contribution in [2.45, 2.75) is 13.3 Å². The van der Waals surface area contributed by atoms with Crippen molar-refractivity contribution >= 4 is 11.5 Å². The summed E-state index contributed by atoms with van der Waals surface area (Å²) in [7, 11) is 2.05. The number of para-hydroxylation sites is 1. The van der Waals surface area contributed by atoms with Gasteiger partial charge in [-0.25, -0.2) is 0 Å². The lowest BCUT2D eigenvalue weighted by Gasteiger charge is -2.32. The summed E-state index contributed by atoms with van der Waals surface area (Å²) in [5.41, 5.74) is 2.56. The van der Waals surface area contributed by atoms with Crippen LogP contribution < -0.4 is 4.90 Å². The molecule has 0 fully saturated rings. The van der Waals surface area contributed by atoms with Gasteiger partial charge in [0.25, 0.3) is 0 Å². The van der Waals surface area contributed by atoms with Crippen LogP contribution in [-0.2, 0) is 11.2 Å². The second-order valence-electron chi connectivity index (χ2n) is 4.02. The highest BCUT2D eigenvalue weighted by Crippen LogP contribution is 2.28. The van der Waals surface area contributed by atoms with Crippen LogP contribution >= 0.6 is 0 Å². The van der Waals surface area contributed by atoms with E-state index in [2.05, 4.69) is 17.0 Å². The van der Waals surface area contributed by atoms with E-state index >= 15 is 0 Å². The van der Waals surface area contributed by atoms with Gasteiger partial charge in [0.15, 0.2) is 0 Å². The highest BCUT2D eigenvalue weighted by molar-refractivity contribution is 5.80. The lowest BCUT2D eigenvalue weighted by atomic mass is 9.90. The number of fused-ring (bicyclic) bond motifs is 1. The van der Waals surface area contributed by atoms with Crippen LogP contribution in [0.1, 0.15) is 12.5 Å². The van der Waals surface area contributed by atoms with Crippen LogP contribution in [0.2, 0.25) is 0 Å². The third-order valence-electron chi connectivity index (χ3n) is 2.94. The summed E-state index contributed by atoms with van der Waals surface area (Å²) in [4.78, 5) is 13.5. The van der Waals surface area contributed by atoms with Crippen molar-refractivity contribution < 1.29 is 4.79 Å². The number of Topliss-reactive ketones (excluding diaryl/α,β-unsaturated/α-hetero) is 1. The first-order valence-electron chi connectivity index (χ1n) is 4.98. The van der Waals surface area contributed by atoms with E-state index in [4.69, 9.17) is 0 Å². The minimum absolute atomic E-state index is 0.176. The number of hydrogen-bond acceptors (Lipinski definition) is 2. The second kappa shape index (κ2) is 3.45. The summed E-state index contributed by atoms with van der Waals surface area (Å²) in [6.45, 7) is 2.54. The Balaban J connectivity index is 2.33. The SMILES string of the molecule is CC(=O)C1Cc2ccccc2N(C)C1. The normalized spacial score (nSPS) is 20.4. The molecule has 14 heavy (non-hydrogen) atoms. The highest BCUT2D eigenvalue weighted by Gasteiger charge is 2.24. The first-order valence-corrected chi connectivity index (χ1v) is 4.98. The molecule has 2 heteroatoms. The predicted octanol–water partition coefficient (Wildman–Crippen LogP) is 1.88. The van der Waals surface area contributed by atoms with Gasteiger partial charge in [0, 0.05) is 25.2 Å². The Bertz CT molecular complexity index is 359. The number of carbonyl (C=O) groups excluding carboxylic acids is 1. The van der Waals surface area contributed by atoms with E-state index in [1.807, 2.05) is 19.2 Å². The fourth-order valence-electron chi connectivity index (χ4n) is 2.09. The van der Waals surface area contributed by atoms with E-state index in [9.17, 15) is 4.79 Å². The minimum Gasteiger partial charge on any atom is -0.374 e. The van der Waals surface area contributed by atoms with Gasteiger partial charge < -0.3 is 4.90 Å². The zero-order valence-corrected chi connectivity index (χ0v) is 8.66. The van der Waals surface area contributed by atoms with Crippen LogP contribution in [0.4, 0.5) is 5.69 Å². The first kappa shape index (κ1) is 9.25. The van der Waals surface area contributed by atoms with Crippen molar-refractivity contribution in [3.63, 3.8) is 0 Å². The van der Waals surface area contributed by atoms with Gasteiger partial charge in [-0.1, -0.05) is 18.2 Å². The molecular weight excluding hydrogens is 174 g/mol. The smallest absolute Gasteiger partial charge is 0.135 e. The van der Waals surface area contributed by atoms with E-state index in [0.717, 1.165) is 13.0 Å². The zero-order chi connectivity index (χ0) is 10.1. The number of ketones is 1. The molecule has 0 amide bonds. The molecule has 0 bridgehead atoms. The lowest BCUT2D eigenvalue weighted by Crippen LogP contribution is -2.35. The second-order valence-corrected chi connectivity index (χ2v) is 4.02. The molecule has 1 unspecified atom stereocenters. The molecular formula is C12H15NO. The molecule has 0 saturated heterocycles. The van der Waals surface area contributed by atoms with E-state index < -0.39 is 0 Å². The van der Waals surface area contributed by atoms with Gasteiger partial charge in [0.2, 0.25) is 0 Å². The average Bonchev–Trinajstić information content (AvgIpc) is 2.17. The third kappa shape index (κ3) is 1.52. The molecule has 0 N–H and O–H groups in total. The monoisotopic (exact) mass is 189 g/mol. The van der Waals surface area contributed by atoms with E-state index in [0.29, 0.717) is 5.78 Å². The molecule has 0 saturated carbocycles. The van der Waals surface area contributed by atoms with Crippen LogP contribution in [0.5, 0.6) is 0 Å². The van der Waals surface area contributed by atoms with Crippen LogP contribution in [0.25, 0.3) is 0 Å². The Kier molecular flexibility index (Phi) is 2.28. The van der Waals surface area contributed by atoms with Gasteiger partial charge in [-0.05, 0) is 25.0 Å². The minimum atomic E-state index is 0.176. The Hall–Kier alpha value is -1.31. The molecule has 2 nitrogen and oxygen atoms in total. The Labute approximate surface area is 84.5 Å². The summed E-state index contributed by atoms with van der Waals surface area (Å²) in [5.74, 6) is 0.473. The molecule has 0 aromatic heterocycles. The summed E-state index contributed by atoms with van der Waals surface area (Å²) in [5, 5.41) is 0. The predicted molar refractivity (Wildman–Crippen MR) is 57.6 cm³/mol. The number of anilines is 1. The van der Waals surface area contributed by atoms with Gasteiger partial charge in [-0.15, -0.1) is 0 Å². The molecule has 1 aliphatic heterocycles. The van der Waals surface area contributed by atoms with Crippen molar-refractivity contribution in [1.82, 2.24) is 0 Å². The van der Waals surface area contributed by atoms with Crippen molar-refractivity contribution in [3.05, 3.63) is 29.8 Å². The van der Waals surface area contributed by atoms with E-state index in [-0.39, 0.29) is 5.92 Å². The average molecular weight is 189 g/mol. The molecule has 1 aromatic carbocycles. The third-order valence-corrected chi connectivity index (χ3v) is 2.94. The first-order chi connectivity index (χ1) is 6.68. The van der Waals surface area contributed by atoms with Crippen LogP contribution in [0.15, 0.2) is 24.3 Å². The molecule has 2 rings (SSSR count). The van der Waals surface area contributed by atoms with Crippen molar-refractivity contribution in [3.8, 4) is 0 Å². The van der Waals surface area contributed by atoms with Crippen molar-refractivity contribution in [2.75, 3.05) is 18.5 Å². The van der Waals surface area contributed by atoms with Crippen LogP contribution in [-0.4, -0.2) is 19.4 Å². The fraction of sp³-hybridized carbons (Fsp3) is 0.417. The van der Waals surface area contributed by atoms with E-state index in [1.165, 1.54) is 11.3 Å². The standard InChI is InChI=1S/C12H15NO/c1-9(14)11-7-10-5-3-4-6-12(10)13(2)8-11/h3-6,11H,7-8H2,1-2H3. The molecule has 0 radical (unpaired) electrons. The van der Waals surface area contributed by atoms with Gasteiger partial charge >= 0.3 is 0 Å². The maximum Gasteiger partial charge on any atom is 0.135 e. The topological polar surface area (TPSA) is 20.3 Å². The van der Waals surface area contributed by atoms with Gasteiger partial charge in [-0.2, -0.15) is 0 Å². The molecule has 1 atom stereocenters.